The summed E-state index contributed by atoms with van der Waals surface area (Å²) in [5.41, 5.74) is 8.07. The Hall–Kier alpha value is -3.88. The summed E-state index contributed by atoms with van der Waals surface area (Å²) in [7, 11) is 0. The fourth-order valence-electron chi connectivity index (χ4n) is 3.41. The fraction of sp³-hybridized carbons (Fsp3) is 0.269. The fourth-order valence-corrected chi connectivity index (χ4v) is 3.41. The molecule has 0 aliphatic carbocycles. The van der Waals surface area contributed by atoms with Crippen molar-refractivity contribution < 1.29 is 18.0 Å². The Bertz CT molecular complexity index is 1130. The minimum atomic E-state index is -4.53. The molecule has 1 aromatic heterocycles. The number of pyridine rings is 1. The molecule has 9 heteroatoms. The Morgan fingerprint density at radius 1 is 1.20 bits per heavy atom. The number of carbonyl (C=O) groups excluding carboxylic acids is 1. The van der Waals surface area contributed by atoms with Crippen LogP contribution in [-0.2, 0) is 6.18 Å². The monoisotopic (exact) mass is 485 g/mol. The van der Waals surface area contributed by atoms with E-state index in [1.165, 1.54) is 0 Å². The Labute approximate surface area is 203 Å². The maximum absolute atomic E-state index is 12.9. The number of rotatable bonds is 6. The van der Waals surface area contributed by atoms with Crippen LogP contribution in [0.3, 0.4) is 0 Å². The van der Waals surface area contributed by atoms with Crippen molar-refractivity contribution in [3.05, 3.63) is 90.2 Å². The number of aliphatic imine (C=N–C) groups is 1. The summed E-state index contributed by atoms with van der Waals surface area (Å²) >= 11 is 0. The summed E-state index contributed by atoms with van der Waals surface area (Å²) in [6.07, 6.45) is 2.30. The van der Waals surface area contributed by atoms with Crippen molar-refractivity contribution in [2.75, 3.05) is 5.32 Å². The highest BCUT2D eigenvalue weighted by atomic mass is 19.4. The Morgan fingerprint density at radius 3 is 2.40 bits per heavy atom. The molecule has 6 nitrogen and oxygen atoms in total. The van der Waals surface area contributed by atoms with Gasteiger partial charge in [-0.25, -0.2) is 9.98 Å². The summed E-state index contributed by atoms with van der Waals surface area (Å²) in [6, 6.07) is 8.39. The molecule has 1 atom stereocenters. The van der Waals surface area contributed by atoms with Gasteiger partial charge in [-0.3, -0.25) is 4.79 Å². The molecule has 186 valence electrons. The second kappa shape index (κ2) is 12.0. The molecular weight excluding hydrogens is 455 g/mol. The first-order valence-corrected chi connectivity index (χ1v) is 11.3. The van der Waals surface area contributed by atoms with Crippen LogP contribution >= 0.6 is 0 Å². The molecule has 0 fully saturated rings. The normalized spacial score (nSPS) is 15.4. The van der Waals surface area contributed by atoms with Crippen LogP contribution in [0, 0.1) is 5.92 Å². The van der Waals surface area contributed by atoms with Crippen molar-refractivity contribution in [3.8, 4) is 0 Å². The third kappa shape index (κ3) is 6.59. The Morgan fingerprint density at radius 2 is 1.83 bits per heavy atom. The molecule has 0 bridgehead atoms. The number of hydrogen-bond donors (Lipinski definition) is 2. The molecule has 0 radical (unpaired) electrons. The molecule has 35 heavy (non-hydrogen) atoms. The molecule has 0 saturated carbocycles. The van der Waals surface area contributed by atoms with Crippen LogP contribution in [0.15, 0.2) is 78.5 Å². The number of nitrogens with two attached hydrogens (primary N) is 1. The average Bonchev–Trinajstić information content (AvgIpc) is 2.86. The summed E-state index contributed by atoms with van der Waals surface area (Å²) in [5, 5.41) is 2.41. The van der Waals surface area contributed by atoms with E-state index in [4.69, 9.17) is 5.73 Å². The van der Waals surface area contributed by atoms with Crippen molar-refractivity contribution in [2.45, 2.75) is 40.3 Å². The van der Waals surface area contributed by atoms with Gasteiger partial charge in [0.05, 0.1) is 11.3 Å². The van der Waals surface area contributed by atoms with E-state index >= 15 is 0 Å². The van der Waals surface area contributed by atoms with Crippen molar-refractivity contribution in [1.82, 2.24) is 9.88 Å². The molecule has 2 aromatic rings. The lowest BCUT2D eigenvalue weighted by Crippen LogP contribution is -2.29. The maximum atomic E-state index is 12.9. The zero-order valence-corrected chi connectivity index (χ0v) is 20.2. The van der Waals surface area contributed by atoms with E-state index in [1.54, 1.807) is 47.8 Å². The van der Waals surface area contributed by atoms with Gasteiger partial charge < -0.3 is 16.0 Å². The first kappa shape index (κ1) is 27.4. The Balaban J connectivity index is 0.00000210. The van der Waals surface area contributed by atoms with Gasteiger partial charge in [0.25, 0.3) is 5.91 Å². The zero-order valence-electron chi connectivity index (χ0n) is 20.2. The number of halogens is 3. The number of allylic oxidation sites excluding steroid dienone is 1. The molecule has 1 aliphatic rings. The van der Waals surface area contributed by atoms with E-state index in [2.05, 4.69) is 35.7 Å². The highest BCUT2D eigenvalue weighted by molar-refractivity contribution is 6.06. The van der Waals surface area contributed by atoms with Gasteiger partial charge in [0.1, 0.15) is 11.7 Å². The number of carbonyl (C=O) groups is 1. The number of anilines is 1. The maximum Gasteiger partial charge on any atom is 0.416 e. The van der Waals surface area contributed by atoms with Gasteiger partial charge in [-0.15, -0.1) is 0 Å². The van der Waals surface area contributed by atoms with Crippen LogP contribution < -0.4 is 11.1 Å². The van der Waals surface area contributed by atoms with Crippen LogP contribution in [0.2, 0.25) is 0 Å². The highest BCUT2D eigenvalue weighted by Gasteiger charge is 2.31. The standard InChI is InChI=1S/C24H24F3N5O.C2H6/c1-4-15(3)20(21-22(28)30-12-13-32(21)5-2)16-6-8-17(9-7-16)23(33)31-19-14-18(10-11-29-19)24(25,26)27;1-2/h5-15H,2,4H2,1,3H3,(H2,28,30)(H,29,31,33);1-2H3/b21-20+;. The molecule has 0 saturated heterocycles. The molecule has 3 N–H and O–H groups in total. The molecule has 1 aliphatic heterocycles. The van der Waals surface area contributed by atoms with E-state index in [9.17, 15) is 18.0 Å². The number of aromatic nitrogens is 1. The zero-order chi connectivity index (χ0) is 26.2. The van der Waals surface area contributed by atoms with Crippen LogP contribution in [0.1, 0.15) is 55.6 Å². The first-order chi connectivity index (χ1) is 16.7. The SMILES string of the molecule is C=CN1C=CN=C(N)/C1=C(\c1ccc(C(=O)Nc2cc(C(F)(F)F)ccn2)cc1)C(C)CC.CC. The number of nitrogens with zero attached hydrogens (tertiary/aromatic N) is 3. The van der Waals surface area contributed by atoms with Crippen molar-refractivity contribution >= 4 is 23.1 Å². The van der Waals surface area contributed by atoms with Crippen molar-refractivity contribution in [3.63, 3.8) is 0 Å². The van der Waals surface area contributed by atoms with Gasteiger partial charge in [0.15, 0.2) is 0 Å². The third-order valence-corrected chi connectivity index (χ3v) is 5.29. The first-order valence-electron chi connectivity index (χ1n) is 11.3. The van der Waals surface area contributed by atoms with E-state index in [0.29, 0.717) is 11.5 Å². The largest absolute Gasteiger partial charge is 0.416 e. The molecule has 0 spiro atoms. The minimum absolute atomic E-state index is 0.122. The lowest BCUT2D eigenvalue weighted by atomic mass is 9.88. The summed E-state index contributed by atoms with van der Waals surface area (Å²) in [4.78, 5) is 22.4. The molecule has 1 amide bonds. The van der Waals surface area contributed by atoms with Gasteiger partial charge in [-0.1, -0.05) is 46.4 Å². The molecule has 1 unspecified atom stereocenters. The average molecular weight is 486 g/mol. The van der Waals surface area contributed by atoms with Crippen LogP contribution in [-0.4, -0.2) is 21.6 Å². The van der Waals surface area contributed by atoms with Crippen LogP contribution in [0.25, 0.3) is 5.57 Å². The summed E-state index contributed by atoms with van der Waals surface area (Å²) < 4.78 is 38.7. The lowest BCUT2D eigenvalue weighted by Gasteiger charge is -2.28. The van der Waals surface area contributed by atoms with Gasteiger partial charge in [0, 0.05) is 30.4 Å². The third-order valence-electron chi connectivity index (χ3n) is 5.29. The number of benzene rings is 1. The molecular formula is C26H30F3N5O. The second-order valence-electron chi connectivity index (χ2n) is 7.43. The Kier molecular flexibility index (Phi) is 9.39. The van der Waals surface area contributed by atoms with Crippen LogP contribution in [0.5, 0.6) is 0 Å². The predicted octanol–water partition coefficient (Wildman–Crippen LogP) is 6.42. The number of hydrogen-bond acceptors (Lipinski definition) is 5. The second-order valence-corrected chi connectivity index (χ2v) is 7.43. The smallest absolute Gasteiger partial charge is 0.382 e. The van der Waals surface area contributed by atoms with Crippen molar-refractivity contribution in [1.29, 1.82) is 0 Å². The molecule has 3 rings (SSSR count). The van der Waals surface area contributed by atoms with E-state index in [0.717, 1.165) is 35.9 Å². The van der Waals surface area contributed by atoms with Gasteiger partial charge in [-0.05, 0) is 47.7 Å². The number of alkyl halides is 3. The number of amides is 1. The topological polar surface area (TPSA) is 83.6 Å². The van der Waals surface area contributed by atoms with E-state index < -0.39 is 17.6 Å². The number of amidine groups is 1. The summed E-state index contributed by atoms with van der Waals surface area (Å²) in [6.45, 7) is 11.9. The van der Waals surface area contributed by atoms with Gasteiger partial charge >= 0.3 is 6.18 Å². The quantitative estimate of drug-likeness (QED) is 0.494. The highest BCUT2D eigenvalue weighted by Crippen LogP contribution is 2.33. The van der Waals surface area contributed by atoms with E-state index in [-0.39, 0.29) is 17.3 Å². The lowest BCUT2D eigenvalue weighted by molar-refractivity contribution is -0.137. The minimum Gasteiger partial charge on any atom is -0.382 e. The van der Waals surface area contributed by atoms with Gasteiger partial charge in [0.2, 0.25) is 0 Å². The predicted molar refractivity (Wildman–Crippen MR) is 134 cm³/mol. The van der Waals surface area contributed by atoms with Gasteiger partial charge in [-0.2, -0.15) is 13.2 Å². The molecule has 1 aromatic carbocycles. The number of nitrogens with one attached hydrogen (secondary N) is 1. The summed E-state index contributed by atoms with van der Waals surface area (Å²) in [5.74, 6) is -0.275. The van der Waals surface area contributed by atoms with Crippen LogP contribution in [0.4, 0.5) is 19.0 Å². The van der Waals surface area contributed by atoms with E-state index in [1.807, 2.05) is 13.8 Å². The molecule has 2 heterocycles. The van der Waals surface area contributed by atoms with Crippen molar-refractivity contribution in [2.24, 2.45) is 16.6 Å².